The Balaban J connectivity index is 1.09. The molecule has 5 heterocycles. The van der Waals surface area contributed by atoms with Crippen molar-refractivity contribution >= 4 is 46.5 Å². The van der Waals surface area contributed by atoms with Crippen molar-refractivity contribution in [3.8, 4) is 11.5 Å². The monoisotopic (exact) mass is 820 g/mol. The Bertz CT molecular complexity index is 1990. The number of carbonyl (C=O) groups is 2. The number of aromatic nitrogens is 1. The van der Waals surface area contributed by atoms with Gasteiger partial charge in [-0.15, -0.1) is 11.3 Å². The van der Waals surface area contributed by atoms with Crippen LogP contribution in [0.15, 0.2) is 67.0 Å². The number of halogens is 5. The molecule has 2 aromatic heterocycles. The van der Waals surface area contributed by atoms with Crippen molar-refractivity contribution in [1.82, 2.24) is 10.2 Å². The molecule has 3 aliphatic heterocycles. The maximum Gasteiger partial charge on any atom is 0.387 e. The summed E-state index contributed by atoms with van der Waals surface area (Å²) in [6, 6.07) is 12.5. The Morgan fingerprint density at radius 2 is 1.75 bits per heavy atom. The van der Waals surface area contributed by atoms with Crippen molar-refractivity contribution in [2.75, 3.05) is 26.2 Å². The summed E-state index contributed by atoms with van der Waals surface area (Å²) in [5.74, 6) is -1.35. The largest absolute Gasteiger partial charge is 0.489 e. The fourth-order valence-electron chi connectivity index (χ4n) is 6.93. The molecule has 1 aliphatic carbocycles. The molecule has 0 amide bonds. The predicted octanol–water partition coefficient (Wildman–Crippen LogP) is 7.72. The lowest BCUT2D eigenvalue weighted by Crippen LogP contribution is -2.52. The highest BCUT2D eigenvalue weighted by Gasteiger charge is 2.38. The summed E-state index contributed by atoms with van der Waals surface area (Å²) in [5.41, 5.74) is 0.907. The van der Waals surface area contributed by atoms with Gasteiger partial charge in [-0.25, -0.2) is 14.0 Å². The summed E-state index contributed by atoms with van der Waals surface area (Å²) >= 11 is 14.0. The molecule has 2 aromatic carbocycles. The van der Waals surface area contributed by atoms with E-state index in [-0.39, 0.29) is 57.0 Å². The number of esters is 2. The molecule has 10 nitrogen and oxygen atoms in total. The van der Waals surface area contributed by atoms with Gasteiger partial charge >= 0.3 is 18.6 Å². The van der Waals surface area contributed by atoms with Crippen LogP contribution in [0, 0.1) is 17.7 Å². The molecule has 4 aromatic rings. The summed E-state index contributed by atoms with van der Waals surface area (Å²) in [4.78, 5) is 30.5. The van der Waals surface area contributed by atoms with Crippen LogP contribution in [0.25, 0.3) is 0 Å². The molecule has 292 valence electrons. The van der Waals surface area contributed by atoms with Crippen molar-refractivity contribution < 1.29 is 51.6 Å². The topological polar surface area (TPSA) is 110 Å². The molecule has 8 rings (SSSR count). The zero-order valence-electron chi connectivity index (χ0n) is 29.5. The lowest BCUT2D eigenvalue weighted by molar-refractivity contribution is -0.904. The number of nitrogens with one attached hydrogen (secondary N) is 1. The summed E-state index contributed by atoms with van der Waals surface area (Å²) in [5, 5.41) is 13.3. The maximum absolute atomic E-state index is 15.0. The minimum atomic E-state index is -3.09. The number of nitrogens with zero attached hydrogens (tertiary/aromatic N) is 2. The van der Waals surface area contributed by atoms with E-state index >= 15 is 4.39 Å². The number of ether oxygens (including phenoxy) is 4. The fraction of sp³-hybridized carbons (Fsp3) is 0.410. The van der Waals surface area contributed by atoms with Crippen molar-refractivity contribution in [3.05, 3.63) is 109 Å². The minimum absolute atomic E-state index is 0.0484. The molecule has 16 heteroatoms. The first-order chi connectivity index (χ1) is 26.5. The number of pyridine rings is 1. The second kappa shape index (κ2) is 17.4. The van der Waals surface area contributed by atoms with Crippen LogP contribution in [0.4, 0.5) is 13.2 Å². The number of piperidine rings is 3. The molecule has 55 heavy (non-hydrogen) atoms. The van der Waals surface area contributed by atoms with E-state index in [1.807, 2.05) is 0 Å². The fourth-order valence-corrected chi connectivity index (χ4v) is 8.38. The van der Waals surface area contributed by atoms with Crippen LogP contribution < -0.4 is 19.5 Å². The van der Waals surface area contributed by atoms with E-state index in [9.17, 15) is 23.6 Å². The number of alkyl halides is 2. The SMILES string of the molecule is O=C(O[C@@H](Cc1c(Cl)c[n+](O)cc1Cl)c1ccc(OC(F)F)c(OCC2CC2)c1)c1ccc(CNC(C(=O)O[C@H]2CN3CCC2CC3)c2ccccc2F)s1. The van der Waals surface area contributed by atoms with Crippen LogP contribution >= 0.6 is 34.5 Å². The Kier molecular flexibility index (Phi) is 12.4. The Morgan fingerprint density at radius 1 is 1.00 bits per heavy atom. The van der Waals surface area contributed by atoms with Gasteiger partial charge in [0.1, 0.15) is 39.0 Å². The smallest absolute Gasteiger partial charge is 0.387 e. The molecule has 3 atom stereocenters. The van der Waals surface area contributed by atoms with Gasteiger partial charge in [0.15, 0.2) is 11.5 Å². The molecule has 1 unspecified atom stereocenters. The maximum atomic E-state index is 15.0. The average molecular weight is 822 g/mol. The van der Waals surface area contributed by atoms with Crippen molar-refractivity contribution in [3.63, 3.8) is 0 Å². The first kappa shape index (κ1) is 39.2. The van der Waals surface area contributed by atoms with E-state index in [0.29, 0.717) is 39.8 Å². The summed E-state index contributed by atoms with van der Waals surface area (Å²) < 4.78 is 64.9. The summed E-state index contributed by atoms with van der Waals surface area (Å²) in [6.07, 6.45) is 4.93. The number of benzene rings is 2. The Hall–Kier alpha value is -4.08. The molecule has 2 bridgehead atoms. The van der Waals surface area contributed by atoms with Crippen LogP contribution in [0.2, 0.25) is 10.0 Å². The van der Waals surface area contributed by atoms with Crippen molar-refractivity contribution in [2.24, 2.45) is 11.8 Å². The third kappa shape index (κ3) is 9.84. The average Bonchev–Trinajstić information content (AvgIpc) is 3.87. The van der Waals surface area contributed by atoms with Gasteiger partial charge in [0.05, 0.1) is 6.61 Å². The van der Waals surface area contributed by atoms with E-state index < -0.39 is 36.5 Å². The third-order valence-corrected chi connectivity index (χ3v) is 11.8. The number of thiophene rings is 1. The molecule has 4 aliphatic rings. The van der Waals surface area contributed by atoms with Gasteiger partial charge < -0.3 is 18.9 Å². The van der Waals surface area contributed by atoms with E-state index in [4.69, 9.17) is 42.1 Å². The third-order valence-electron chi connectivity index (χ3n) is 10.1. The molecule has 0 radical (unpaired) electrons. The van der Waals surface area contributed by atoms with E-state index in [2.05, 4.69) is 10.2 Å². The number of carbonyl (C=O) groups excluding carboxylic acids is 2. The van der Waals surface area contributed by atoms with Gasteiger partial charge in [-0.3, -0.25) is 15.4 Å². The number of fused-ring (bicyclic) bond motifs is 3. The highest BCUT2D eigenvalue weighted by molar-refractivity contribution is 7.13. The van der Waals surface area contributed by atoms with E-state index in [0.717, 1.165) is 50.1 Å². The first-order valence-electron chi connectivity index (χ1n) is 18.0. The van der Waals surface area contributed by atoms with Crippen LogP contribution in [0.1, 0.15) is 69.1 Å². The zero-order chi connectivity index (χ0) is 38.6. The Labute approximate surface area is 329 Å². The van der Waals surface area contributed by atoms with E-state index in [1.54, 1.807) is 30.3 Å². The highest BCUT2D eigenvalue weighted by atomic mass is 35.5. The molecular weight excluding hydrogens is 782 g/mol. The van der Waals surface area contributed by atoms with Crippen LogP contribution in [-0.2, 0) is 27.2 Å². The van der Waals surface area contributed by atoms with Gasteiger partial charge in [0.2, 0.25) is 12.4 Å². The quantitative estimate of drug-likeness (QED) is 0.0668. The molecule has 2 N–H and O–H groups in total. The summed E-state index contributed by atoms with van der Waals surface area (Å²) in [7, 11) is 0. The van der Waals surface area contributed by atoms with Gasteiger partial charge in [-0.2, -0.15) is 8.78 Å². The highest BCUT2D eigenvalue weighted by Crippen LogP contribution is 2.38. The lowest BCUT2D eigenvalue weighted by Gasteiger charge is -2.44. The molecule has 0 spiro atoms. The van der Waals surface area contributed by atoms with Gasteiger partial charge in [-0.1, -0.05) is 47.5 Å². The van der Waals surface area contributed by atoms with Crippen molar-refractivity contribution in [2.45, 2.75) is 63.5 Å². The number of hydrogen-bond donors (Lipinski definition) is 2. The number of hydrogen-bond acceptors (Lipinski definition) is 10. The summed E-state index contributed by atoms with van der Waals surface area (Å²) in [6.45, 7) is -0.0539. The normalized spacial score (nSPS) is 20.2. The van der Waals surface area contributed by atoms with Crippen LogP contribution in [0.5, 0.6) is 11.5 Å². The second-order valence-electron chi connectivity index (χ2n) is 14.0. The minimum Gasteiger partial charge on any atom is -0.489 e. The van der Waals surface area contributed by atoms with Gasteiger partial charge in [0, 0.05) is 40.2 Å². The van der Waals surface area contributed by atoms with Gasteiger partial charge in [-0.05, 0) is 86.5 Å². The molecular formula is C39H39Cl2F3N3O7S+. The van der Waals surface area contributed by atoms with Gasteiger partial charge in [0.25, 0.3) is 0 Å². The number of rotatable bonds is 16. The lowest BCUT2D eigenvalue weighted by atomic mass is 9.86. The molecule has 1 saturated carbocycles. The second-order valence-corrected chi connectivity index (χ2v) is 15.9. The Morgan fingerprint density at radius 3 is 2.42 bits per heavy atom. The zero-order valence-corrected chi connectivity index (χ0v) is 31.8. The standard InChI is InChI=1S/C39H39Cl2F3N3O7S/c40-28-18-47(50)19-29(41)27(28)16-32(24-7-9-31(54-39(43)44)33(15-24)51-21-22-5-6-22)52-37(48)35-10-8-25(55-35)17-45-36(26-3-1-2-4-30(26)42)38(49)53-34-20-46-13-11-23(34)12-14-46/h1-4,7-10,15,18-19,22-23,32,34,36,39,45,50H,5-6,11-14,16-17,20-21H2/q+1/t32-,34-,36?/m0/s1. The predicted molar refractivity (Wildman–Crippen MR) is 196 cm³/mol. The first-order valence-corrected chi connectivity index (χ1v) is 19.6. The molecule has 4 fully saturated rings. The van der Waals surface area contributed by atoms with E-state index in [1.165, 1.54) is 36.7 Å². The molecule has 3 saturated heterocycles. The van der Waals surface area contributed by atoms with Crippen LogP contribution in [0.3, 0.4) is 0 Å². The van der Waals surface area contributed by atoms with Crippen molar-refractivity contribution in [1.29, 1.82) is 0 Å². The van der Waals surface area contributed by atoms with Crippen LogP contribution in [-0.4, -0.2) is 61.0 Å².